The van der Waals surface area contributed by atoms with Crippen LogP contribution in [0.3, 0.4) is 0 Å². The third-order valence-corrected chi connectivity index (χ3v) is 2.98. The van der Waals surface area contributed by atoms with Crippen LogP contribution >= 0.6 is 0 Å². The van der Waals surface area contributed by atoms with Crippen LogP contribution in [-0.4, -0.2) is 70.7 Å². The molecule has 0 unspecified atom stereocenters. The van der Waals surface area contributed by atoms with E-state index in [1.165, 1.54) is 18.2 Å². The third kappa shape index (κ3) is 18.3. The van der Waals surface area contributed by atoms with Gasteiger partial charge in [-0.05, 0) is 30.7 Å². The van der Waals surface area contributed by atoms with Gasteiger partial charge in [0.25, 0.3) is 0 Å². The Kier molecular flexibility index (Phi) is 19.0. The number of rotatable bonds is 11. The summed E-state index contributed by atoms with van der Waals surface area (Å²) in [5.74, 6) is -1.12. The Bertz CT molecular complexity index is 715. The number of hydrogen-bond acceptors (Lipinski definition) is 9. The van der Waals surface area contributed by atoms with Crippen molar-refractivity contribution in [3.8, 4) is 11.5 Å². The normalized spacial score (nSPS) is 9.90. The number of ketones is 1. The van der Waals surface area contributed by atoms with Crippen molar-refractivity contribution in [3.05, 3.63) is 54.7 Å². The summed E-state index contributed by atoms with van der Waals surface area (Å²) in [6, 6.07) is 4.33. The second-order valence-corrected chi connectivity index (χ2v) is 5.45. The summed E-state index contributed by atoms with van der Waals surface area (Å²) in [6.45, 7) is 6.41. The Morgan fingerprint density at radius 3 is 2.42 bits per heavy atom. The Morgan fingerprint density at radius 2 is 1.87 bits per heavy atom. The lowest BCUT2D eigenvalue weighted by molar-refractivity contribution is -0.121. The minimum Gasteiger partial charge on any atom is -0.512 e. The summed E-state index contributed by atoms with van der Waals surface area (Å²) in [5, 5.41) is 44.7. The average molecular weight is 441 g/mol. The molecular weight excluding hydrogens is 410 g/mol. The molecule has 6 N–H and O–H groups in total. The van der Waals surface area contributed by atoms with E-state index in [0.717, 1.165) is 13.4 Å². The first-order chi connectivity index (χ1) is 14.8. The number of carbonyl (C=O) groups is 2. The third-order valence-electron chi connectivity index (χ3n) is 2.98. The molecule has 0 atom stereocenters. The summed E-state index contributed by atoms with van der Waals surface area (Å²) >= 11 is 0. The molecule has 174 valence electrons. The van der Waals surface area contributed by atoms with Crippen LogP contribution < -0.4 is 5.32 Å². The van der Waals surface area contributed by atoms with E-state index in [2.05, 4.69) is 16.6 Å². The molecule has 1 amide bonds. The van der Waals surface area contributed by atoms with Gasteiger partial charge in [-0.3, -0.25) is 9.59 Å². The Labute approximate surface area is 181 Å². The van der Waals surface area contributed by atoms with Gasteiger partial charge in [0, 0.05) is 26.3 Å². The van der Waals surface area contributed by atoms with Crippen molar-refractivity contribution in [3.63, 3.8) is 0 Å². The van der Waals surface area contributed by atoms with Crippen LogP contribution in [0.4, 0.5) is 0 Å². The number of carbonyl (C=O) groups excluding carboxylic acids is 2. The molecule has 1 rings (SSSR count). The predicted octanol–water partition coefficient (Wildman–Crippen LogP) is 1.94. The van der Waals surface area contributed by atoms with Crippen LogP contribution in [-0.2, 0) is 19.1 Å². The first kappa shape index (κ1) is 29.7. The number of phenols is 2. The monoisotopic (exact) mass is 441 g/mol. The Morgan fingerprint density at radius 1 is 1.19 bits per heavy atom. The number of hydrogen-bond donors (Lipinski definition) is 6. The van der Waals surface area contributed by atoms with Gasteiger partial charge in [-0.15, -0.1) is 0 Å². The number of aromatic hydroxyl groups is 2. The highest BCUT2D eigenvalue weighted by Crippen LogP contribution is 2.25. The van der Waals surface area contributed by atoms with Gasteiger partial charge in [-0.1, -0.05) is 12.6 Å². The molecular formula is C21H31NO9. The number of amides is 1. The summed E-state index contributed by atoms with van der Waals surface area (Å²) in [4.78, 5) is 22.0. The molecule has 0 aliphatic rings. The van der Waals surface area contributed by atoms with Crippen molar-refractivity contribution in [2.75, 3.05) is 33.5 Å². The van der Waals surface area contributed by atoms with Gasteiger partial charge >= 0.3 is 0 Å². The fraction of sp³-hybridized carbons (Fsp3) is 0.333. The fourth-order valence-electron chi connectivity index (χ4n) is 1.73. The fourth-order valence-corrected chi connectivity index (χ4v) is 1.73. The van der Waals surface area contributed by atoms with Crippen molar-refractivity contribution in [2.24, 2.45) is 0 Å². The van der Waals surface area contributed by atoms with Gasteiger partial charge in [0.05, 0.1) is 18.8 Å². The number of benzene rings is 1. The molecule has 0 aliphatic heterocycles. The molecule has 0 bridgehead atoms. The first-order valence-electron chi connectivity index (χ1n) is 9.09. The van der Waals surface area contributed by atoms with Gasteiger partial charge in [-0.25, -0.2) is 0 Å². The average Bonchev–Trinajstić information content (AvgIpc) is 2.74. The number of Topliss-reactive ketones (excluding diaryl/α,β-unsaturated/α-hetero) is 1. The first-order valence-corrected chi connectivity index (χ1v) is 9.09. The number of aliphatic hydroxyl groups excluding tert-OH is 3. The van der Waals surface area contributed by atoms with Crippen LogP contribution in [0.1, 0.15) is 18.9 Å². The largest absolute Gasteiger partial charge is 0.512 e. The molecule has 0 heterocycles. The van der Waals surface area contributed by atoms with Crippen molar-refractivity contribution >= 4 is 17.8 Å². The molecule has 0 spiro atoms. The van der Waals surface area contributed by atoms with E-state index in [0.29, 0.717) is 31.6 Å². The molecule has 0 saturated carbocycles. The van der Waals surface area contributed by atoms with Gasteiger partial charge in [0.2, 0.25) is 5.91 Å². The van der Waals surface area contributed by atoms with E-state index in [-0.39, 0.29) is 42.0 Å². The van der Waals surface area contributed by atoms with E-state index in [4.69, 9.17) is 25.2 Å². The number of phenolic OH excluding ortho intramolecular Hbond substituents is 2. The second kappa shape index (κ2) is 19.8. The molecule has 10 heteroatoms. The number of aliphatic hydroxyl groups is 3. The summed E-state index contributed by atoms with van der Waals surface area (Å²) < 4.78 is 9.59. The molecule has 0 fully saturated rings. The van der Waals surface area contributed by atoms with Crippen molar-refractivity contribution in [1.82, 2.24) is 5.32 Å². The van der Waals surface area contributed by atoms with Crippen molar-refractivity contribution < 1.29 is 44.6 Å². The lowest BCUT2D eigenvalue weighted by Gasteiger charge is -2.02. The zero-order chi connectivity index (χ0) is 24.1. The SMILES string of the molecule is C=C(O)CC(=O)CO/C=C/O.CCOCCNC(=O)/C=C/c1ccc(O)c(O)c1.CO. The minimum atomic E-state index is -0.296. The predicted molar refractivity (Wildman–Crippen MR) is 116 cm³/mol. The highest BCUT2D eigenvalue weighted by Gasteiger charge is 2.02. The highest BCUT2D eigenvalue weighted by molar-refractivity contribution is 5.91. The van der Waals surface area contributed by atoms with Gasteiger partial charge in [-0.2, -0.15) is 0 Å². The minimum absolute atomic E-state index is 0.112. The van der Waals surface area contributed by atoms with E-state index in [9.17, 15) is 14.7 Å². The van der Waals surface area contributed by atoms with Crippen LogP contribution in [0.15, 0.2) is 49.1 Å². The maximum atomic E-state index is 11.4. The van der Waals surface area contributed by atoms with Crippen molar-refractivity contribution in [1.29, 1.82) is 0 Å². The standard InChI is InChI=1S/C13H17NO4.C7H10O4.CH4O/c1-2-18-8-7-14-13(17)6-4-10-3-5-11(15)12(16)9-10;1-6(9)4-7(10)5-11-3-2-8;1-2/h3-6,9,15-16H,2,7-8H2,1H3,(H,14,17);2-3,8-9H,1,4-5H2;2H,1H3/b6-4+;3-2+;. The van der Waals surface area contributed by atoms with E-state index in [1.54, 1.807) is 12.1 Å². The van der Waals surface area contributed by atoms with Gasteiger partial charge in [0.15, 0.2) is 17.3 Å². The van der Waals surface area contributed by atoms with Crippen LogP contribution in [0.5, 0.6) is 11.5 Å². The molecule has 10 nitrogen and oxygen atoms in total. The lowest BCUT2D eigenvalue weighted by Crippen LogP contribution is -2.25. The second-order valence-electron chi connectivity index (χ2n) is 5.45. The maximum Gasteiger partial charge on any atom is 0.244 e. The topological polar surface area (TPSA) is 166 Å². The molecule has 0 radical (unpaired) electrons. The number of nitrogens with one attached hydrogen (secondary N) is 1. The van der Waals surface area contributed by atoms with Crippen LogP contribution in [0.25, 0.3) is 6.08 Å². The van der Waals surface area contributed by atoms with Gasteiger partial charge < -0.3 is 40.3 Å². The molecule has 0 saturated heterocycles. The van der Waals surface area contributed by atoms with Gasteiger partial charge in [0.1, 0.15) is 19.1 Å². The number of allylic oxidation sites excluding steroid dienone is 1. The smallest absolute Gasteiger partial charge is 0.244 e. The molecule has 0 aromatic heterocycles. The van der Waals surface area contributed by atoms with E-state index >= 15 is 0 Å². The quantitative estimate of drug-likeness (QED) is 0.130. The number of ether oxygens (including phenoxy) is 2. The summed E-state index contributed by atoms with van der Waals surface area (Å²) in [7, 11) is 1.00. The molecule has 31 heavy (non-hydrogen) atoms. The van der Waals surface area contributed by atoms with E-state index < -0.39 is 0 Å². The summed E-state index contributed by atoms with van der Waals surface area (Å²) in [6.07, 6.45) is 4.46. The zero-order valence-electron chi connectivity index (χ0n) is 17.7. The summed E-state index contributed by atoms with van der Waals surface area (Å²) in [5.41, 5.74) is 0.630. The van der Waals surface area contributed by atoms with Crippen molar-refractivity contribution in [2.45, 2.75) is 13.3 Å². The molecule has 0 aliphatic carbocycles. The highest BCUT2D eigenvalue weighted by atomic mass is 16.5. The van der Waals surface area contributed by atoms with Crippen LogP contribution in [0.2, 0.25) is 0 Å². The Balaban J connectivity index is 0. The molecule has 1 aromatic rings. The zero-order valence-corrected chi connectivity index (χ0v) is 17.7. The Hall–Kier alpha value is -3.50. The lowest BCUT2D eigenvalue weighted by atomic mass is 10.2. The molecule has 1 aromatic carbocycles. The van der Waals surface area contributed by atoms with Crippen LogP contribution in [0, 0.1) is 0 Å². The maximum absolute atomic E-state index is 11.4. The van der Waals surface area contributed by atoms with E-state index in [1.807, 2.05) is 6.92 Å².